The standard InChI is InChI=1S/C14H26N2OS/c1-4-5-12(13(15)18)14(17)16-11-7-9(2)6-10(3)8-11/h9-12H,4-8H2,1-3H3,(H2,15,18)(H,16,17). The summed E-state index contributed by atoms with van der Waals surface area (Å²) in [6, 6.07) is 0.296. The van der Waals surface area contributed by atoms with Crippen LogP contribution in [0.1, 0.15) is 52.9 Å². The third-order valence-electron chi connectivity index (χ3n) is 3.76. The molecule has 0 spiro atoms. The zero-order chi connectivity index (χ0) is 13.7. The van der Waals surface area contributed by atoms with Crippen LogP contribution in [0, 0.1) is 17.8 Å². The predicted octanol–water partition coefficient (Wildman–Crippen LogP) is 2.63. The Hall–Kier alpha value is -0.640. The van der Waals surface area contributed by atoms with E-state index in [9.17, 15) is 4.79 Å². The van der Waals surface area contributed by atoms with Crippen molar-refractivity contribution in [2.24, 2.45) is 23.5 Å². The van der Waals surface area contributed by atoms with Crippen molar-refractivity contribution < 1.29 is 4.79 Å². The van der Waals surface area contributed by atoms with Crippen molar-refractivity contribution in [1.29, 1.82) is 0 Å². The van der Waals surface area contributed by atoms with Crippen LogP contribution >= 0.6 is 12.2 Å². The summed E-state index contributed by atoms with van der Waals surface area (Å²) in [6.45, 7) is 6.56. The number of hydrogen-bond acceptors (Lipinski definition) is 2. The molecule has 3 unspecified atom stereocenters. The van der Waals surface area contributed by atoms with Crippen LogP contribution in [-0.2, 0) is 4.79 Å². The molecule has 3 N–H and O–H groups in total. The topological polar surface area (TPSA) is 55.1 Å². The Balaban J connectivity index is 2.54. The van der Waals surface area contributed by atoms with Crippen LogP contribution in [0.5, 0.6) is 0 Å². The number of amides is 1. The first-order valence-electron chi connectivity index (χ1n) is 7.03. The monoisotopic (exact) mass is 270 g/mol. The van der Waals surface area contributed by atoms with E-state index in [4.69, 9.17) is 18.0 Å². The Morgan fingerprint density at radius 2 is 1.89 bits per heavy atom. The minimum Gasteiger partial charge on any atom is -0.393 e. The highest BCUT2D eigenvalue weighted by atomic mass is 32.1. The molecule has 3 nitrogen and oxygen atoms in total. The minimum atomic E-state index is -0.294. The molecule has 1 fully saturated rings. The molecule has 0 aromatic heterocycles. The Kier molecular flexibility index (Phi) is 6.06. The molecular weight excluding hydrogens is 244 g/mol. The van der Waals surface area contributed by atoms with Gasteiger partial charge in [-0.25, -0.2) is 0 Å². The lowest BCUT2D eigenvalue weighted by molar-refractivity contribution is -0.124. The molecule has 3 atom stereocenters. The third-order valence-corrected chi connectivity index (χ3v) is 4.05. The lowest BCUT2D eigenvalue weighted by Gasteiger charge is -2.32. The maximum Gasteiger partial charge on any atom is 0.230 e. The summed E-state index contributed by atoms with van der Waals surface area (Å²) in [6.07, 6.45) is 5.09. The van der Waals surface area contributed by atoms with Gasteiger partial charge in [0.2, 0.25) is 5.91 Å². The zero-order valence-electron chi connectivity index (χ0n) is 11.7. The highest BCUT2D eigenvalue weighted by Gasteiger charge is 2.28. The van der Waals surface area contributed by atoms with Crippen molar-refractivity contribution in [1.82, 2.24) is 5.32 Å². The lowest BCUT2D eigenvalue weighted by atomic mass is 9.80. The van der Waals surface area contributed by atoms with Crippen LogP contribution in [0.25, 0.3) is 0 Å². The molecule has 4 heteroatoms. The van der Waals surface area contributed by atoms with Gasteiger partial charge in [0, 0.05) is 6.04 Å². The smallest absolute Gasteiger partial charge is 0.230 e. The molecule has 1 aliphatic carbocycles. The maximum atomic E-state index is 12.2. The van der Waals surface area contributed by atoms with E-state index in [1.165, 1.54) is 6.42 Å². The first-order chi connectivity index (χ1) is 8.43. The largest absolute Gasteiger partial charge is 0.393 e. The van der Waals surface area contributed by atoms with Gasteiger partial charge in [-0.3, -0.25) is 4.79 Å². The van der Waals surface area contributed by atoms with Crippen LogP contribution in [0.4, 0.5) is 0 Å². The molecular formula is C14H26N2OS. The third kappa shape index (κ3) is 4.56. The molecule has 1 rings (SSSR count). The van der Waals surface area contributed by atoms with E-state index >= 15 is 0 Å². The van der Waals surface area contributed by atoms with Crippen molar-refractivity contribution in [3.8, 4) is 0 Å². The second-order valence-electron chi connectivity index (χ2n) is 5.87. The number of carbonyl (C=O) groups excluding carboxylic acids is 1. The summed E-state index contributed by atoms with van der Waals surface area (Å²) in [5.74, 6) is 1.11. The number of rotatable bonds is 5. The number of nitrogens with one attached hydrogen (secondary N) is 1. The summed E-state index contributed by atoms with van der Waals surface area (Å²) in [5.41, 5.74) is 5.65. The molecule has 104 valence electrons. The number of nitrogens with two attached hydrogens (primary N) is 1. The molecule has 0 aliphatic heterocycles. The molecule has 0 aromatic rings. The molecule has 0 bridgehead atoms. The molecule has 0 radical (unpaired) electrons. The van der Waals surface area contributed by atoms with Crippen LogP contribution < -0.4 is 11.1 Å². The summed E-state index contributed by atoms with van der Waals surface area (Å²) < 4.78 is 0. The van der Waals surface area contributed by atoms with Gasteiger partial charge in [0.1, 0.15) is 0 Å². The van der Waals surface area contributed by atoms with E-state index in [1.54, 1.807) is 0 Å². The number of hydrogen-bond donors (Lipinski definition) is 2. The molecule has 1 amide bonds. The summed E-state index contributed by atoms with van der Waals surface area (Å²) in [7, 11) is 0. The second kappa shape index (κ2) is 7.07. The summed E-state index contributed by atoms with van der Waals surface area (Å²) in [4.78, 5) is 12.5. The van der Waals surface area contributed by atoms with Crippen molar-refractivity contribution in [2.45, 2.75) is 58.9 Å². The van der Waals surface area contributed by atoms with Gasteiger partial charge in [-0.2, -0.15) is 0 Å². The van der Waals surface area contributed by atoms with E-state index in [1.807, 2.05) is 6.92 Å². The molecule has 0 heterocycles. The minimum absolute atomic E-state index is 0.0238. The SMILES string of the molecule is CCCC(C(=O)NC1CC(C)CC(C)C1)C(N)=S. The van der Waals surface area contributed by atoms with Crippen LogP contribution in [0.15, 0.2) is 0 Å². The fourth-order valence-electron chi connectivity index (χ4n) is 3.06. The molecule has 18 heavy (non-hydrogen) atoms. The Labute approximate surface area is 116 Å². The molecule has 0 saturated heterocycles. The van der Waals surface area contributed by atoms with Gasteiger partial charge >= 0.3 is 0 Å². The van der Waals surface area contributed by atoms with Crippen molar-refractivity contribution >= 4 is 23.1 Å². The Morgan fingerprint density at radius 3 is 2.33 bits per heavy atom. The van der Waals surface area contributed by atoms with Gasteiger partial charge in [-0.15, -0.1) is 0 Å². The maximum absolute atomic E-state index is 12.2. The fraction of sp³-hybridized carbons (Fsp3) is 0.857. The summed E-state index contributed by atoms with van der Waals surface area (Å²) >= 11 is 4.99. The van der Waals surface area contributed by atoms with Crippen LogP contribution in [0.2, 0.25) is 0 Å². The van der Waals surface area contributed by atoms with Gasteiger partial charge in [0.25, 0.3) is 0 Å². The highest BCUT2D eigenvalue weighted by Crippen LogP contribution is 2.28. The normalized spacial score (nSPS) is 29.6. The van der Waals surface area contributed by atoms with E-state index in [2.05, 4.69) is 19.2 Å². The van der Waals surface area contributed by atoms with Crippen molar-refractivity contribution in [3.63, 3.8) is 0 Å². The van der Waals surface area contributed by atoms with Crippen molar-refractivity contribution in [2.75, 3.05) is 0 Å². The van der Waals surface area contributed by atoms with E-state index in [-0.39, 0.29) is 11.8 Å². The van der Waals surface area contributed by atoms with Gasteiger partial charge < -0.3 is 11.1 Å². The first kappa shape index (κ1) is 15.4. The highest BCUT2D eigenvalue weighted by molar-refractivity contribution is 7.80. The van der Waals surface area contributed by atoms with Crippen molar-refractivity contribution in [3.05, 3.63) is 0 Å². The average Bonchev–Trinajstić information content (AvgIpc) is 2.23. The molecule has 0 aromatic carbocycles. The quantitative estimate of drug-likeness (QED) is 0.755. The molecule has 1 aliphatic rings. The number of carbonyl (C=O) groups is 1. The number of thiocarbonyl (C=S) groups is 1. The summed E-state index contributed by atoms with van der Waals surface area (Å²) in [5, 5.41) is 3.14. The predicted molar refractivity (Wildman–Crippen MR) is 79.3 cm³/mol. The van der Waals surface area contributed by atoms with Crippen LogP contribution in [0.3, 0.4) is 0 Å². The fourth-order valence-corrected chi connectivity index (χ4v) is 3.28. The van der Waals surface area contributed by atoms with E-state index in [0.29, 0.717) is 22.9 Å². The van der Waals surface area contributed by atoms with Gasteiger partial charge in [0.15, 0.2) is 0 Å². The average molecular weight is 270 g/mol. The van der Waals surface area contributed by atoms with E-state index < -0.39 is 0 Å². The van der Waals surface area contributed by atoms with E-state index in [0.717, 1.165) is 25.7 Å². The zero-order valence-corrected chi connectivity index (χ0v) is 12.6. The Morgan fingerprint density at radius 1 is 1.33 bits per heavy atom. The van der Waals surface area contributed by atoms with Gasteiger partial charge in [-0.1, -0.05) is 39.4 Å². The first-order valence-corrected chi connectivity index (χ1v) is 7.44. The molecule has 1 saturated carbocycles. The van der Waals surface area contributed by atoms with Crippen LogP contribution in [-0.4, -0.2) is 16.9 Å². The lowest BCUT2D eigenvalue weighted by Crippen LogP contribution is -2.45. The second-order valence-corrected chi connectivity index (χ2v) is 6.34. The van der Waals surface area contributed by atoms with Gasteiger partial charge in [-0.05, 0) is 37.5 Å². The van der Waals surface area contributed by atoms with Gasteiger partial charge in [0.05, 0.1) is 10.9 Å². The Bertz CT molecular complexity index is 296.